The Morgan fingerprint density at radius 1 is 0.683 bits per heavy atom. The van der Waals surface area contributed by atoms with Crippen LogP contribution in [-0.4, -0.2) is 228 Å². The summed E-state index contributed by atoms with van der Waals surface area (Å²) >= 11 is 0. The van der Waals surface area contributed by atoms with E-state index < -0.39 is 78.1 Å². The van der Waals surface area contributed by atoms with Gasteiger partial charge in [0.05, 0.1) is 75.7 Å². The van der Waals surface area contributed by atoms with E-state index in [9.17, 15) is 52.7 Å². The van der Waals surface area contributed by atoms with Crippen molar-refractivity contribution in [1.82, 2.24) is 35.6 Å². The van der Waals surface area contributed by atoms with Crippen molar-refractivity contribution in [3.8, 4) is 0 Å². The zero-order chi connectivity index (χ0) is 77.0. The lowest BCUT2D eigenvalue weighted by atomic mass is 9.84. The number of rotatable bonds is 51. The van der Waals surface area contributed by atoms with Crippen LogP contribution in [0, 0.1) is 41.4 Å². The first-order valence-electron chi connectivity index (χ1n) is 37.0. The number of nitrogens with zero attached hydrogens (tertiary/aromatic N) is 4. The number of nitrogens with one attached hydrogen (secondary N) is 4. The van der Waals surface area contributed by atoms with Crippen LogP contribution < -0.4 is 27.0 Å². The van der Waals surface area contributed by atoms with Gasteiger partial charge in [-0.2, -0.15) is 0 Å². The first-order valence-corrected chi connectivity index (χ1v) is 37.0. The number of carbonyl (C=O) groups excluding carboxylic acids is 11. The molecule has 11 atom stereocenters. The number of likely N-dealkylation sites (N-methyl/N-ethyl adjacent to an activating group) is 2. The van der Waals surface area contributed by atoms with Crippen LogP contribution in [0.1, 0.15) is 150 Å². The summed E-state index contributed by atoms with van der Waals surface area (Å²) in [5.74, 6) is -5.46. The second-order valence-electron chi connectivity index (χ2n) is 28.5. The van der Waals surface area contributed by atoms with E-state index >= 15 is 0 Å². The number of amides is 9. The van der Waals surface area contributed by atoms with Gasteiger partial charge in [-0.15, -0.1) is 0 Å². The highest BCUT2D eigenvalue weighted by atomic mass is 16.6. The number of ketones is 2. The summed E-state index contributed by atoms with van der Waals surface area (Å²) in [4.78, 5) is 154. The minimum Gasteiger partial charge on any atom is -0.462 e. The zero-order valence-corrected chi connectivity index (χ0v) is 64.1. The standard InChI is InChI=1S/C77H121N9O18/c1-15-53(8)71(64(99-13)47-68(92)85-37-23-27-61(85)72(100-14)54(9)73(93)81-60(44-55-24-18-16-19-25-55)75(95)103-43-42-102-41-40-101-39-38-98-12)83(10)48-58(50(2)3)46-63(88)70(52(6)7)84(11)77(97)104-49-56-29-31-59(32-30-56)80-74(94)57(26-22-35-79-76(78)96)45-62(87)69(51(4)5)82-65(89)28-20-17-21-36-86-66(90)33-34-67(86)91/h16,18-19,24-25,29-34,50-54,57-58,60-61,64,69-72H,15,17,20-23,26-28,35-49H2,1-14H3,(H,80,94)(H,81,93)(H,82,89)(H3,78,79,96)/t53-,54+,57+,58+,60-,61-,64+,69-,70-,71-,72+/m0/s1. The molecular formula is C77H121N9O18. The van der Waals surface area contributed by atoms with Crippen LogP contribution in [0.4, 0.5) is 15.3 Å². The molecule has 1 fully saturated rings. The molecule has 2 aromatic carbocycles. The highest BCUT2D eigenvalue weighted by Gasteiger charge is 2.43. The fraction of sp³-hybridized carbons (Fsp3) is 0.675. The van der Waals surface area contributed by atoms with Gasteiger partial charge in [-0.05, 0) is 98.4 Å². The quantitative estimate of drug-likeness (QED) is 0.0244. The van der Waals surface area contributed by atoms with Crippen LogP contribution >= 0.6 is 0 Å². The van der Waals surface area contributed by atoms with Crippen molar-refractivity contribution in [2.75, 3.05) is 107 Å². The van der Waals surface area contributed by atoms with Gasteiger partial charge in [0.25, 0.3) is 11.8 Å². The minimum absolute atomic E-state index is 0.0227. The van der Waals surface area contributed by atoms with Crippen molar-refractivity contribution in [3.05, 3.63) is 77.9 Å². The van der Waals surface area contributed by atoms with Crippen molar-refractivity contribution in [2.24, 2.45) is 47.2 Å². The summed E-state index contributed by atoms with van der Waals surface area (Å²) in [6, 6.07) is 11.8. The molecule has 27 nitrogen and oxygen atoms in total. The van der Waals surface area contributed by atoms with E-state index in [1.807, 2.05) is 51.2 Å². The molecule has 2 aliphatic heterocycles. The molecule has 582 valence electrons. The molecule has 104 heavy (non-hydrogen) atoms. The number of anilines is 1. The number of hydrogen-bond donors (Lipinski definition) is 5. The maximum atomic E-state index is 14.7. The fourth-order valence-corrected chi connectivity index (χ4v) is 13.6. The Hall–Kier alpha value is -7.69. The summed E-state index contributed by atoms with van der Waals surface area (Å²) in [5.41, 5.74) is 7.10. The Kier molecular flexibility index (Phi) is 40.1. The van der Waals surface area contributed by atoms with Crippen molar-refractivity contribution < 1.29 is 85.9 Å². The van der Waals surface area contributed by atoms with Crippen LogP contribution in [0.5, 0.6) is 0 Å². The van der Waals surface area contributed by atoms with Gasteiger partial charge in [-0.3, -0.25) is 43.3 Å². The van der Waals surface area contributed by atoms with Crippen molar-refractivity contribution in [1.29, 1.82) is 0 Å². The van der Waals surface area contributed by atoms with Gasteiger partial charge in [0, 0.05) is 110 Å². The number of ether oxygens (including phenoxy) is 7. The molecule has 0 spiro atoms. The third kappa shape index (κ3) is 29.7. The van der Waals surface area contributed by atoms with E-state index in [0.717, 1.165) is 16.9 Å². The van der Waals surface area contributed by atoms with Crippen LogP contribution in [0.15, 0.2) is 66.7 Å². The Morgan fingerprint density at radius 2 is 1.34 bits per heavy atom. The van der Waals surface area contributed by atoms with E-state index in [2.05, 4.69) is 53.9 Å². The van der Waals surface area contributed by atoms with Crippen LogP contribution in [0.25, 0.3) is 0 Å². The van der Waals surface area contributed by atoms with Crippen molar-refractivity contribution in [2.45, 2.75) is 195 Å². The van der Waals surface area contributed by atoms with Gasteiger partial charge in [0.1, 0.15) is 19.3 Å². The Bertz CT molecular complexity index is 3040. The molecule has 0 aliphatic carbocycles. The lowest BCUT2D eigenvalue weighted by Gasteiger charge is -2.41. The molecule has 2 heterocycles. The molecule has 2 aromatic rings. The molecule has 2 aliphatic rings. The average molecular weight is 1460 g/mol. The number of methoxy groups -OCH3 is 3. The molecule has 27 heteroatoms. The Morgan fingerprint density at radius 3 is 1.93 bits per heavy atom. The molecule has 9 amide bonds. The third-order valence-corrected chi connectivity index (χ3v) is 19.7. The largest absolute Gasteiger partial charge is 0.462 e. The lowest BCUT2D eigenvalue weighted by Crippen LogP contribution is -2.54. The maximum absolute atomic E-state index is 14.7. The van der Waals surface area contributed by atoms with Crippen LogP contribution in [0.2, 0.25) is 0 Å². The van der Waals surface area contributed by atoms with Gasteiger partial charge < -0.3 is 74.9 Å². The van der Waals surface area contributed by atoms with E-state index in [1.165, 1.54) is 24.2 Å². The third-order valence-electron chi connectivity index (χ3n) is 19.7. The molecule has 0 saturated carbocycles. The van der Waals surface area contributed by atoms with Gasteiger partial charge in [-0.25, -0.2) is 14.4 Å². The number of likely N-dealkylation sites (tertiary alicyclic amines) is 1. The van der Waals surface area contributed by atoms with Gasteiger partial charge in [-0.1, -0.05) is 118 Å². The smallest absolute Gasteiger partial charge is 0.410 e. The van der Waals surface area contributed by atoms with Crippen LogP contribution in [0.3, 0.4) is 0 Å². The van der Waals surface area contributed by atoms with E-state index in [1.54, 1.807) is 71.2 Å². The predicted octanol–water partition coefficient (Wildman–Crippen LogP) is 7.44. The first-order chi connectivity index (χ1) is 49.6. The number of esters is 1. The molecule has 0 bridgehead atoms. The SMILES string of the molecule is CC[C@H](C)[C@@H]([C@@H](CC(=O)N1CCC[C@H]1[C@H](OC)[C@@H](C)C(=O)N[C@@H](Cc1ccccc1)C(=O)OCCOCCOCCOC)OC)N(C)C[C@@H](CC(=O)[C@H](C(C)C)N(C)C(=O)OCc1ccc(NC(=O)[C@H](CCCNC(N)=O)CC(=O)[C@@H](NC(=O)CCCCCN2C(=O)C=CC2=O)C(C)C)cc1)C(C)C. The van der Waals surface area contributed by atoms with Crippen molar-refractivity contribution >= 4 is 70.8 Å². The number of unbranched alkanes of at least 4 members (excludes halogenated alkanes) is 2. The second kappa shape index (κ2) is 47.0. The highest BCUT2D eigenvalue weighted by Crippen LogP contribution is 2.32. The monoisotopic (exact) mass is 1460 g/mol. The molecular weight excluding hydrogens is 1340 g/mol. The molecule has 1 saturated heterocycles. The summed E-state index contributed by atoms with van der Waals surface area (Å²) in [6.45, 7) is 20.3. The molecule has 4 rings (SSSR count). The molecule has 6 N–H and O–H groups in total. The second-order valence-corrected chi connectivity index (χ2v) is 28.5. The highest BCUT2D eigenvalue weighted by molar-refractivity contribution is 6.12. The molecule has 0 radical (unpaired) electrons. The number of nitrogens with two attached hydrogens (primary N) is 1. The summed E-state index contributed by atoms with van der Waals surface area (Å²) in [5, 5.41) is 11.2. The summed E-state index contributed by atoms with van der Waals surface area (Å²) in [6.07, 6.45) is 4.94. The number of hydrogen-bond acceptors (Lipinski definition) is 19. The number of Topliss-reactive ketones (excluding diaryl/α,β-unsaturated/α-hetero) is 2. The number of carbonyl (C=O) groups is 11. The summed E-state index contributed by atoms with van der Waals surface area (Å²) < 4.78 is 39.7. The topological polar surface area (TPSA) is 339 Å². The van der Waals surface area contributed by atoms with Gasteiger partial charge >= 0.3 is 18.1 Å². The van der Waals surface area contributed by atoms with E-state index in [-0.39, 0.29) is 142 Å². The number of urea groups is 1. The fourth-order valence-electron chi connectivity index (χ4n) is 13.6. The Labute approximate surface area is 616 Å². The number of benzene rings is 2. The van der Waals surface area contributed by atoms with Gasteiger partial charge in [0.15, 0.2) is 11.6 Å². The zero-order valence-electron chi connectivity index (χ0n) is 64.1. The predicted molar refractivity (Wildman–Crippen MR) is 393 cm³/mol. The molecule has 0 aromatic heterocycles. The van der Waals surface area contributed by atoms with E-state index in [0.29, 0.717) is 89.3 Å². The number of primary amides is 1. The lowest BCUT2D eigenvalue weighted by molar-refractivity contribution is -0.151. The first kappa shape index (κ1) is 88.7. The summed E-state index contributed by atoms with van der Waals surface area (Å²) in [7, 11) is 8.27. The van der Waals surface area contributed by atoms with E-state index in [4.69, 9.17) is 38.9 Å². The maximum Gasteiger partial charge on any atom is 0.410 e. The average Bonchev–Trinajstić information content (AvgIpc) is 1.57. The van der Waals surface area contributed by atoms with Crippen molar-refractivity contribution in [3.63, 3.8) is 0 Å². The number of imide groups is 1. The minimum atomic E-state index is -1.01. The van der Waals surface area contributed by atoms with Crippen LogP contribution in [-0.2, 0) is 89.3 Å². The Balaban J connectivity index is 1.36. The molecule has 0 unspecified atom stereocenters. The normalized spacial score (nSPS) is 16.7. The van der Waals surface area contributed by atoms with Gasteiger partial charge in [0.2, 0.25) is 23.6 Å².